The van der Waals surface area contributed by atoms with Crippen LogP contribution in [0.3, 0.4) is 0 Å². The molecule has 1 fully saturated rings. The van der Waals surface area contributed by atoms with Crippen molar-refractivity contribution in [3.63, 3.8) is 0 Å². The molecule has 1 atom stereocenters. The zero-order valence-corrected chi connectivity index (χ0v) is 27.0. The summed E-state index contributed by atoms with van der Waals surface area (Å²) in [5.74, 6) is -1.05. The highest BCUT2D eigenvalue weighted by molar-refractivity contribution is 6.34. The summed E-state index contributed by atoms with van der Waals surface area (Å²) in [5.41, 5.74) is 3.21. The molecule has 0 saturated carbocycles. The molecule has 1 saturated heterocycles. The predicted octanol–water partition coefficient (Wildman–Crippen LogP) is 8.96. The summed E-state index contributed by atoms with van der Waals surface area (Å²) < 4.78 is 68.1. The second kappa shape index (κ2) is 14.7. The van der Waals surface area contributed by atoms with Crippen molar-refractivity contribution < 1.29 is 22.0 Å². The van der Waals surface area contributed by atoms with E-state index < -0.39 is 30.4 Å². The maximum absolute atomic E-state index is 13.9. The van der Waals surface area contributed by atoms with Gasteiger partial charge >= 0.3 is 6.18 Å². The van der Waals surface area contributed by atoms with Gasteiger partial charge in [-0.1, -0.05) is 40.5 Å². The summed E-state index contributed by atoms with van der Waals surface area (Å²) in [4.78, 5) is 5.47. The topological polar surface area (TPSA) is 94.2 Å². The number of nitrogens with zero attached hydrogens (tertiary/aromatic N) is 6. The lowest BCUT2D eigenvalue weighted by atomic mass is 10.0. The largest absolute Gasteiger partial charge is 0.401 e. The van der Waals surface area contributed by atoms with E-state index in [0.717, 1.165) is 0 Å². The minimum absolute atomic E-state index is 0.119. The predicted molar refractivity (Wildman–Crippen MR) is 177 cm³/mol. The van der Waals surface area contributed by atoms with Crippen molar-refractivity contribution in [1.29, 1.82) is 5.26 Å². The molecular formula is C33H29Cl2F5N8. The van der Waals surface area contributed by atoms with Crippen molar-refractivity contribution in [2.45, 2.75) is 38.0 Å². The van der Waals surface area contributed by atoms with Crippen LogP contribution in [0.5, 0.6) is 0 Å². The molecule has 0 amide bonds. The normalized spacial score (nSPS) is 15.4. The van der Waals surface area contributed by atoms with Crippen molar-refractivity contribution in [1.82, 2.24) is 19.9 Å². The number of alkyl halides is 3. The van der Waals surface area contributed by atoms with E-state index in [-0.39, 0.29) is 40.4 Å². The van der Waals surface area contributed by atoms with Gasteiger partial charge in [0.15, 0.2) is 0 Å². The van der Waals surface area contributed by atoms with Crippen molar-refractivity contribution >= 4 is 52.7 Å². The first-order valence-corrected chi connectivity index (χ1v) is 15.5. The molecule has 0 bridgehead atoms. The molecule has 3 aromatic carbocycles. The maximum atomic E-state index is 13.9. The molecule has 1 aromatic heterocycles. The summed E-state index contributed by atoms with van der Waals surface area (Å²) >= 11 is 12.7. The smallest absolute Gasteiger partial charge is 0.373 e. The van der Waals surface area contributed by atoms with Gasteiger partial charge in [0.1, 0.15) is 17.3 Å². The van der Waals surface area contributed by atoms with E-state index in [9.17, 15) is 27.2 Å². The third-order valence-electron chi connectivity index (χ3n) is 7.89. The lowest BCUT2D eigenvalue weighted by Crippen LogP contribution is -2.40. The van der Waals surface area contributed by atoms with Gasteiger partial charge in [-0.3, -0.25) is 9.89 Å². The second-order valence-electron chi connectivity index (χ2n) is 11.3. The van der Waals surface area contributed by atoms with Crippen molar-refractivity contribution in [2.24, 2.45) is 4.99 Å². The summed E-state index contributed by atoms with van der Waals surface area (Å²) in [6.45, 7) is 4.80. The van der Waals surface area contributed by atoms with E-state index in [4.69, 9.17) is 23.2 Å². The molecule has 0 aliphatic carbocycles. The Hall–Kier alpha value is -4.51. The van der Waals surface area contributed by atoms with Crippen LogP contribution in [0.4, 0.5) is 39.0 Å². The summed E-state index contributed by atoms with van der Waals surface area (Å²) in [6.07, 6.45) is -1.62. The number of hydrogen-bond donors (Lipinski definition) is 2. The lowest BCUT2D eigenvalue weighted by molar-refractivity contribution is -0.148. The number of allylic oxidation sites excluding steroid dienone is 1. The van der Waals surface area contributed by atoms with Gasteiger partial charge in [-0.25, -0.2) is 13.5 Å². The first-order valence-electron chi connectivity index (χ1n) is 14.7. The van der Waals surface area contributed by atoms with Crippen LogP contribution in [0.2, 0.25) is 10.0 Å². The molecule has 0 unspecified atom stereocenters. The number of hydrogen-bond acceptors (Lipinski definition) is 7. The van der Waals surface area contributed by atoms with Crippen LogP contribution in [0.15, 0.2) is 71.4 Å². The fourth-order valence-electron chi connectivity index (χ4n) is 5.52. The average molecular weight is 704 g/mol. The Bertz CT molecular complexity index is 1860. The molecule has 48 heavy (non-hydrogen) atoms. The van der Waals surface area contributed by atoms with Gasteiger partial charge in [0.05, 0.1) is 57.9 Å². The Labute approximate surface area is 283 Å². The first-order chi connectivity index (χ1) is 22.8. The van der Waals surface area contributed by atoms with Crippen LogP contribution in [0.25, 0.3) is 5.70 Å². The second-order valence-corrected chi connectivity index (χ2v) is 12.1. The van der Waals surface area contributed by atoms with Gasteiger partial charge in [0.25, 0.3) is 0 Å². The quantitative estimate of drug-likeness (QED) is 0.0974. The van der Waals surface area contributed by atoms with Crippen LogP contribution in [0, 0.1) is 23.0 Å². The first kappa shape index (κ1) is 34.8. The molecule has 5 rings (SSSR count). The highest BCUT2D eigenvalue weighted by Crippen LogP contribution is 2.40. The van der Waals surface area contributed by atoms with Crippen LogP contribution < -0.4 is 10.6 Å². The number of aromatic nitrogens is 3. The molecule has 2 heterocycles. The van der Waals surface area contributed by atoms with Gasteiger partial charge in [-0.05, 0) is 74.5 Å². The van der Waals surface area contributed by atoms with E-state index in [0.29, 0.717) is 46.7 Å². The third-order valence-corrected chi connectivity index (χ3v) is 8.47. The number of aliphatic imine (C=N–C) groups is 1. The highest BCUT2D eigenvalue weighted by Gasteiger charge is 2.33. The molecule has 250 valence electrons. The number of piperidine rings is 1. The number of nitrogens with one attached hydrogen (secondary N) is 2. The fraction of sp³-hybridized carbons (Fsp3) is 0.273. The molecular weight excluding hydrogens is 674 g/mol. The summed E-state index contributed by atoms with van der Waals surface area (Å²) in [7, 11) is 0. The molecule has 4 aromatic rings. The lowest BCUT2D eigenvalue weighted by Gasteiger charge is -2.32. The SMILES string of the molecule is C=Nc1c(Cl)cc(N[C@@H](c2ccc(F)cc2)c2cn(C3CCN(CC(F)(F)F)CC3)nn2)cc1/C(Nc1ccc(F)c(Cl)c1)=C(\C)C#N. The van der Waals surface area contributed by atoms with Gasteiger partial charge in [-0.2, -0.15) is 18.4 Å². The molecule has 1 aliphatic rings. The monoisotopic (exact) mass is 702 g/mol. The number of likely N-dealkylation sites (tertiary alicyclic amines) is 1. The van der Waals surface area contributed by atoms with E-state index in [1.807, 2.05) is 0 Å². The minimum Gasteiger partial charge on any atom is -0.373 e. The zero-order chi connectivity index (χ0) is 34.6. The minimum atomic E-state index is -4.27. The van der Waals surface area contributed by atoms with Crippen molar-refractivity contribution in [2.75, 3.05) is 30.3 Å². The van der Waals surface area contributed by atoms with Crippen molar-refractivity contribution in [3.8, 4) is 6.07 Å². The Balaban J connectivity index is 1.49. The number of rotatable bonds is 10. The van der Waals surface area contributed by atoms with Gasteiger partial charge < -0.3 is 10.6 Å². The molecule has 8 nitrogen and oxygen atoms in total. The standard InChI is InChI=1S/C33H29Cl2F5N8/c1-19(16-41)30(43-22-7-8-28(37)26(34)14-22)25-13-23(15-27(35)32(25)42-2)44-31(20-3-5-21(36)6-4-20)29-17-48(46-45-29)24-9-11-47(12-10-24)18-33(38,39)40/h3-8,13-15,17,24,31,43-44H,2,9-12,18H2,1H3/b30-19-/t31-/m0/s1. The Morgan fingerprint density at radius 2 is 1.75 bits per heavy atom. The molecule has 15 heteroatoms. The fourth-order valence-corrected chi connectivity index (χ4v) is 5.98. The Morgan fingerprint density at radius 3 is 2.38 bits per heavy atom. The molecule has 0 radical (unpaired) electrons. The molecule has 2 N–H and O–H groups in total. The number of anilines is 2. The highest BCUT2D eigenvalue weighted by atomic mass is 35.5. The van der Waals surface area contributed by atoms with E-state index in [1.165, 1.54) is 35.2 Å². The Morgan fingerprint density at radius 1 is 1.06 bits per heavy atom. The van der Waals surface area contributed by atoms with Gasteiger partial charge in [0, 0.05) is 30.0 Å². The van der Waals surface area contributed by atoms with Crippen molar-refractivity contribution in [3.05, 3.63) is 105 Å². The third kappa shape index (κ3) is 8.31. The van der Waals surface area contributed by atoms with Gasteiger partial charge in [-0.15, -0.1) is 5.10 Å². The number of benzene rings is 3. The molecule has 1 aliphatic heterocycles. The van der Waals surface area contributed by atoms with Crippen LogP contribution in [0.1, 0.15) is 48.7 Å². The van der Waals surface area contributed by atoms with Crippen LogP contribution in [-0.2, 0) is 0 Å². The Kier molecular flexibility index (Phi) is 10.7. The van der Waals surface area contributed by atoms with Crippen LogP contribution >= 0.6 is 23.2 Å². The van der Waals surface area contributed by atoms with Gasteiger partial charge in [0.2, 0.25) is 0 Å². The maximum Gasteiger partial charge on any atom is 0.401 e. The van der Waals surface area contributed by atoms with E-state index in [2.05, 4.69) is 38.7 Å². The van der Waals surface area contributed by atoms with E-state index in [1.54, 1.807) is 42.1 Å². The molecule has 0 spiro atoms. The summed E-state index contributed by atoms with van der Waals surface area (Å²) in [6, 6.07) is 14.4. The average Bonchev–Trinajstić information content (AvgIpc) is 3.54. The van der Waals surface area contributed by atoms with E-state index >= 15 is 0 Å². The number of nitriles is 1. The van der Waals surface area contributed by atoms with Crippen LogP contribution in [-0.4, -0.2) is 52.4 Å². The zero-order valence-electron chi connectivity index (χ0n) is 25.5. The number of halogens is 7. The summed E-state index contributed by atoms with van der Waals surface area (Å²) in [5, 5.41) is 25.1.